The topological polar surface area (TPSA) is 108 Å². The molecule has 2 rings (SSSR count). The molecule has 0 aliphatic carbocycles. The second-order valence-corrected chi connectivity index (χ2v) is 6.08. The molecule has 0 spiro atoms. The molecule has 28 heavy (non-hydrogen) atoms. The molecule has 0 atom stereocenters. The first kappa shape index (κ1) is 20.8. The monoisotopic (exact) mass is 385 g/mol. The van der Waals surface area contributed by atoms with Crippen molar-refractivity contribution in [2.75, 3.05) is 25.5 Å². The average molecular weight is 385 g/mol. The highest BCUT2D eigenvalue weighted by Gasteiger charge is 2.10. The molecule has 8 heteroatoms. The summed E-state index contributed by atoms with van der Waals surface area (Å²) in [6, 6.07) is 15.7. The lowest BCUT2D eigenvalue weighted by Crippen LogP contribution is -2.38. The van der Waals surface area contributed by atoms with Gasteiger partial charge in [0.25, 0.3) is 0 Å². The summed E-state index contributed by atoms with van der Waals surface area (Å²) in [7, 11) is 1.69. The molecule has 2 aromatic rings. The number of anilines is 1. The summed E-state index contributed by atoms with van der Waals surface area (Å²) in [5, 5.41) is 14.0. The zero-order valence-corrected chi connectivity index (χ0v) is 15.6. The third-order valence-electron chi connectivity index (χ3n) is 3.74. The Hall–Kier alpha value is -3.55. The van der Waals surface area contributed by atoms with Gasteiger partial charge >= 0.3 is 12.0 Å². The molecule has 0 aliphatic rings. The molecular formula is C20H23N3O5. The Balaban J connectivity index is 1.69. The summed E-state index contributed by atoms with van der Waals surface area (Å²) in [6.07, 6.45) is 0.127. The number of nitrogens with zero attached hydrogens (tertiary/aromatic N) is 1. The number of carboxylic acid groups (broad SMARTS) is 1. The van der Waals surface area contributed by atoms with E-state index < -0.39 is 12.6 Å². The SMILES string of the molecule is CN(Cc1ccccc1)C(=O)NCCC(=O)Nc1ccc(OCC(=O)O)cc1. The Morgan fingerprint density at radius 3 is 2.36 bits per heavy atom. The highest BCUT2D eigenvalue weighted by atomic mass is 16.5. The van der Waals surface area contributed by atoms with E-state index in [1.54, 1.807) is 36.2 Å². The van der Waals surface area contributed by atoms with Crippen LogP contribution >= 0.6 is 0 Å². The van der Waals surface area contributed by atoms with E-state index in [9.17, 15) is 14.4 Å². The normalized spacial score (nSPS) is 10.0. The van der Waals surface area contributed by atoms with Crippen LogP contribution in [0.4, 0.5) is 10.5 Å². The Bertz CT molecular complexity index is 793. The number of rotatable bonds is 9. The number of amides is 3. The Morgan fingerprint density at radius 1 is 1.04 bits per heavy atom. The minimum Gasteiger partial charge on any atom is -0.482 e. The third kappa shape index (κ3) is 7.36. The number of hydrogen-bond acceptors (Lipinski definition) is 4. The first-order chi connectivity index (χ1) is 13.4. The number of benzene rings is 2. The fraction of sp³-hybridized carbons (Fsp3) is 0.250. The van der Waals surface area contributed by atoms with Gasteiger partial charge in [0.1, 0.15) is 5.75 Å². The van der Waals surface area contributed by atoms with Crippen molar-refractivity contribution >= 4 is 23.6 Å². The summed E-state index contributed by atoms with van der Waals surface area (Å²) in [5.41, 5.74) is 1.58. The fourth-order valence-corrected chi connectivity index (χ4v) is 2.35. The zero-order chi connectivity index (χ0) is 20.4. The van der Waals surface area contributed by atoms with Crippen molar-refractivity contribution in [2.24, 2.45) is 0 Å². The summed E-state index contributed by atoms with van der Waals surface area (Å²) < 4.78 is 5.02. The molecule has 0 heterocycles. The van der Waals surface area contributed by atoms with Gasteiger partial charge in [0.2, 0.25) is 5.91 Å². The largest absolute Gasteiger partial charge is 0.482 e. The standard InChI is InChI=1S/C20H23N3O5/c1-23(13-15-5-3-2-4-6-15)20(27)21-12-11-18(24)22-16-7-9-17(10-8-16)28-14-19(25)26/h2-10H,11-14H2,1H3,(H,21,27)(H,22,24)(H,25,26). The number of carbonyl (C=O) groups excluding carboxylic acids is 2. The summed E-state index contributed by atoms with van der Waals surface area (Å²) in [6.45, 7) is 0.267. The average Bonchev–Trinajstić information content (AvgIpc) is 2.68. The van der Waals surface area contributed by atoms with Crippen LogP contribution in [0.15, 0.2) is 54.6 Å². The van der Waals surface area contributed by atoms with Gasteiger partial charge in [-0.3, -0.25) is 4.79 Å². The van der Waals surface area contributed by atoms with Gasteiger partial charge in [0, 0.05) is 32.2 Å². The van der Waals surface area contributed by atoms with Crippen LogP contribution in [0.25, 0.3) is 0 Å². The van der Waals surface area contributed by atoms with E-state index in [2.05, 4.69) is 10.6 Å². The number of ether oxygens (including phenoxy) is 1. The lowest BCUT2D eigenvalue weighted by molar-refractivity contribution is -0.139. The van der Waals surface area contributed by atoms with Crippen molar-refractivity contribution in [1.29, 1.82) is 0 Å². The lowest BCUT2D eigenvalue weighted by Gasteiger charge is -2.18. The first-order valence-corrected chi connectivity index (χ1v) is 8.71. The van der Waals surface area contributed by atoms with Crippen LogP contribution in [-0.4, -0.2) is 48.1 Å². The van der Waals surface area contributed by atoms with Crippen LogP contribution in [0.1, 0.15) is 12.0 Å². The van der Waals surface area contributed by atoms with Crippen LogP contribution in [0.5, 0.6) is 5.75 Å². The van der Waals surface area contributed by atoms with E-state index in [0.717, 1.165) is 5.56 Å². The predicted octanol–water partition coefficient (Wildman–Crippen LogP) is 2.32. The van der Waals surface area contributed by atoms with Crippen molar-refractivity contribution < 1.29 is 24.2 Å². The smallest absolute Gasteiger partial charge is 0.341 e. The molecule has 0 aromatic heterocycles. The molecule has 3 amide bonds. The molecule has 0 unspecified atom stereocenters. The number of hydrogen-bond donors (Lipinski definition) is 3. The summed E-state index contributed by atoms with van der Waals surface area (Å²) in [4.78, 5) is 36.0. The maximum absolute atomic E-state index is 12.1. The first-order valence-electron chi connectivity index (χ1n) is 8.71. The van der Waals surface area contributed by atoms with Gasteiger partial charge in [-0.05, 0) is 29.8 Å². The molecule has 3 N–H and O–H groups in total. The predicted molar refractivity (Wildman–Crippen MR) is 104 cm³/mol. The molecule has 8 nitrogen and oxygen atoms in total. The lowest BCUT2D eigenvalue weighted by atomic mass is 10.2. The van der Waals surface area contributed by atoms with Crippen LogP contribution in [0.2, 0.25) is 0 Å². The number of aliphatic carboxylic acids is 1. The quantitative estimate of drug-likeness (QED) is 0.614. The second-order valence-electron chi connectivity index (χ2n) is 6.08. The van der Waals surface area contributed by atoms with Crippen LogP contribution in [-0.2, 0) is 16.1 Å². The highest BCUT2D eigenvalue weighted by Crippen LogP contribution is 2.15. The summed E-state index contributed by atoms with van der Waals surface area (Å²) in [5.74, 6) is -0.909. The molecule has 0 saturated heterocycles. The second kappa shape index (κ2) is 10.6. The van der Waals surface area contributed by atoms with Gasteiger partial charge < -0.3 is 25.4 Å². The number of nitrogens with one attached hydrogen (secondary N) is 2. The van der Waals surface area contributed by atoms with Gasteiger partial charge in [0.15, 0.2) is 6.61 Å². The van der Waals surface area contributed by atoms with Gasteiger partial charge in [0.05, 0.1) is 0 Å². The Labute approximate surface area is 163 Å². The highest BCUT2D eigenvalue weighted by molar-refractivity contribution is 5.91. The van der Waals surface area contributed by atoms with Crippen molar-refractivity contribution in [3.63, 3.8) is 0 Å². The van der Waals surface area contributed by atoms with Crippen LogP contribution in [0.3, 0.4) is 0 Å². The number of urea groups is 1. The van der Waals surface area contributed by atoms with Crippen molar-refractivity contribution in [3.05, 3.63) is 60.2 Å². The molecule has 148 valence electrons. The van der Waals surface area contributed by atoms with Crippen LogP contribution in [0, 0.1) is 0 Å². The molecule has 0 fully saturated rings. The summed E-state index contributed by atoms with van der Waals surface area (Å²) >= 11 is 0. The van der Waals surface area contributed by atoms with Crippen LogP contribution < -0.4 is 15.4 Å². The molecule has 0 saturated carbocycles. The molecule has 2 aromatic carbocycles. The zero-order valence-electron chi connectivity index (χ0n) is 15.6. The molecular weight excluding hydrogens is 362 g/mol. The minimum atomic E-state index is -1.06. The number of carbonyl (C=O) groups is 3. The van der Waals surface area contributed by atoms with E-state index in [4.69, 9.17) is 9.84 Å². The molecule has 0 aliphatic heterocycles. The molecule has 0 bridgehead atoms. The fourth-order valence-electron chi connectivity index (χ4n) is 2.35. The van der Waals surface area contributed by atoms with E-state index in [1.165, 1.54) is 0 Å². The van der Waals surface area contributed by atoms with Crippen molar-refractivity contribution in [3.8, 4) is 5.75 Å². The minimum absolute atomic E-state index is 0.127. The van der Waals surface area contributed by atoms with E-state index >= 15 is 0 Å². The van der Waals surface area contributed by atoms with E-state index in [0.29, 0.717) is 18.0 Å². The van der Waals surface area contributed by atoms with Crippen molar-refractivity contribution in [1.82, 2.24) is 10.2 Å². The van der Waals surface area contributed by atoms with Gasteiger partial charge in [-0.1, -0.05) is 30.3 Å². The van der Waals surface area contributed by atoms with Crippen molar-refractivity contribution in [2.45, 2.75) is 13.0 Å². The molecule has 0 radical (unpaired) electrons. The Morgan fingerprint density at radius 2 is 1.71 bits per heavy atom. The van der Waals surface area contributed by atoms with E-state index in [-0.39, 0.29) is 24.9 Å². The van der Waals surface area contributed by atoms with Gasteiger partial charge in [-0.15, -0.1) is 0 Å². The Kier molecular flexibility index (Phi) is 7.83. The number of carboxylic acids is 1. The van der Waals surface area contributed by atoms with Gasteiger partial charge in [-0.25, -0.2) is 9.59 Å². The van der Waals surface area contributed by atoms with Gasteiger partial charge in [-0.2, -0.15) is 0 Å². The third-order valence-corrected chi connectivity index (χ3v) is 3.74. The van der Waals surface area contributed by atoms with E-state index in [1.807, 2.05) is 30.3 Å². The maximum atomic E-state index is 12.1. The maximum Gasteiger partial charge on any atom is 0.341 e.